The zero-order valence-corrected chi connectivity index (χ0v) is 11.4. The average Bonchev–Trinajstić information content (AvgIpc) is 2.84. The summed E-state index contributed by atoms with van der Waals surface area (Å²) >= 11 is 0. The molecule has 2 unspecified atom stereocenters. The van der Waals surface area contributed by atoms with Crippen LogP contribution in [-0.4, -0.2) is 15.9 Å². The van der Waals surface area contributed by atoms with Crippen molar-refractivity contribution >= 4 is 22.3 Å². The van der Waals surface area contributed by atoms with Gasteiger partial charge in [-0.25, -0.2) is 4.98 Å². The number of rotatable bonds is 3. The summed E-state index contributed by atoms with van der Waals surface area (Å²) in [6.45, 7) is 2.19. The zero-order valence-electron chi connectivity index (χ0n) is 11.4. The van der Waals surface area contributed by atoms with Gasteiger partial charge in [-0.05, 0) is 24.8 Å². The number of hydrogen-bond acceptors (Lipinski definition) is 4. The number of nitro groups is 1. The number of para-hydroxylation sites is 1. The number of benzene rings is 1. The van der Waals surface area contributed by atoms with Gasteiger partial charge in [-0.1, -0.05) is 31.5 Å². The molecule has 5 heteroatoms. The lowest BCUT2D eigenvalue weighted by molar-refractivity contribution is -0.384. The van der Waals surface area contributed by atoms with Gasteiger partial charge in [0.15, 0.2) is 0 Å². The summed E-state index contributed by atoms with van der Waals surface area (Å²) in [6, 6.07) is 7.85. The Labute approximate surface area is 117 Å². The van der Waals surface area contributed by atoms with Gasteiger partial charge >= 0.3 is 5.69 Å². The Balaban J connectivity index is 2.09. The largest absolute Gasteiger partial charge is 0.376 e. The highest BCUT2D eigenvalue weighted by Gasteiger charge is 2.27. The molecule has 0 bridgehead atoms. The number of aromatic nitrogens is 1. The first-order valence-electron chi connectivity index (χ1n) is 6.95. The molecule has 0 aliphatic heterocycles. The second-order valence-electron chi connectivity index (χ2n) is 5.45. The molecule has 20 heavy (non-hydrogen) atoms. The van der Waals surface area contributed by atoms with E-state index in [1.54, 1.807) is 0 Å². The fourth-order valence-electron chi connectivity index (χ4n) is 2.97. The molecule has 0 saturated heterocycles. The number of pyridine rings is 1. The van der Waals surface area contributed by atoms with E-state index in [1.807, 2.05) is 24.3 Å². The van der Waals surface area contributed by atoms with Crippen LogP contribution in [0.3, 0.4) is 0 Å². The van der Waals surface area contributed by atoms with Crippen LogP contribution >= 0.6 is 0 Å². The van der Waals surface area contributed by atoms with Crippen molar-refractivity contribution in [2.45, 2.75) is 32.2 Å². The van der Waals surface area contributed by atoms with Crippen molar-refractivity contribution in [3.05, 3.63) is 40.6 Å². The van der Waals surface area contributed by atoms with Gasteiger partial charge in [0.1, 0.15) is 11.9 Å². The third-order valence-electron chi connectivity index (χ3n) is 4.14. The van der Waals surface area contributed by atoms with Crippen molar-refractivity contribution in [1.82, 2.24) is 4.98 Å². The number of anilines is 1. The van der Waals surface area contributed by atoms with Crippen LogP contribution in [0.2, 0.25) is 0 Å². The SMILES string of the molecule is CC1CCCC1Nc1c([N+](=O)[O-])cnc2ccccc12. The van der Waals surface area contributed by atoms with E-state index >= 15 is 0 Å². The summed E-state index contributed by atoms with van der Waals surface area (Å²) in [5.41, 5.74) is 1.45. The predicted molar refractivity (Wildman–Crippen MR) is 78.8 cm³/mol. The van der Waals surface area contributed by atoms with E-state index in [1.165, 1.54) is 19.0 Å². The molecule has 0 spiro atoms. The van der Waals surface area contributed by atoms with Gasteiger partial charge in [0.2, 0.25) is 0 Å². The normalized spacial score (nSPS) is 22.1. The minimum absolute atomic E-state index is 0.0581. The van der Waals surface area contributed by atoms with Crippen LogP contribution < -0.4 is 5.32 Å². The molecule has 5 nitrogen and oxygen atoms in total. The quantitative estimate of drug-likeness (QED) is 0.682. The van der Waals surface area contributed by atoms with Crippen molar-refractivity contribution < 1.29 is 4.92 Å². The highest BCUT2D eigenvalue weighted by molar-refractivity contribution is 5.95. The van der Waals surface area contributed by atoms with Gasteiger partial charge in [0.05, 0.1) is 10.4 Å². The number of nitrogens with zero attached hydrogens (tertiary/aromatic N) is 2. The Kier molecular flexibility index (Phi) is 3.26. The first-order chi connectivity index (χ1) is 9.66. The number of nitrogens with one attached hydrogen (secondary N) is 1. The van der Waals surface area contributed by atoms with Gasteiger partial charge in [-0.15, -0.1) is 0 Å². The molecule has 3 rings (SSSR count). The van der Waals surface area contributed by atoms with Crippen LogP contribution in [0.25, 0.3) is 10.9 Å². The summed E-state index contributed by atoms with van der Waals surface area (Å²) in [5, 5.41) is 15.5. The first-order valence-corrected chi connectivity index (χ1v) is 6.95. The monoisotopic (exact) mass is 271 g/mol. The molecular weight excluding hydrogens is 254 g/mol. The molecule has 1 fully saturated rings. The summed E-state index contributed by atoms with van der Waals surface area (Å²) in [6.07, 6.45) is 4.77. The van der Waals surface area contributed by atoms with Crippen LogP contribution in [0.4, 0.5) is 11.4 Å². The lowest BCUT2D eigenvalue weighted by atomic mass is 10.0. The van der Waals surface area contributed by atoms with E-state index < -0.39 is 0 Å². The van der Waals surface area contributed by atoms with Gasteiger partial charge < -0.3 is 5.32 Å². The van der Waals surface area contributed by atoms with E-state index in [0.717, 1.165) is 17.3 Å². The molecule has 1 aromatic carbocycles. The van der Waals surface area contributed by atoms with Crippen LogP contribution in [0.5, 0.6) is 0 Å². The second-order valence-corrected chi connectivity index (χ2v) is 5.45. The van der Waals surface area contributed by atoms with Crippen LogP contribution in [0, 0.1) is 16.0 Å². The van der Waals surface area contributed by atoms with E-state index in [-0.39, 0.29) is 10.6 Å². The molecule has 0 amide bonds. The van der Waals surface area contributed by atoms with Crippen molar-refractivity contribution in [2.75, 3.05) is 5.32 Å². The summed E-state index contributed by atoms with van der Waals surface area (Å²) in [7, 11) is 0. The van der Waals surface area contributed by atoms with Crippen molar-refractivity contribution in [1.29, 1.82) is 0 Å². The third-order valence-corrected chi connectivity index (χ3v) is 4.14. The van der Waals surface area contributed by atoms with Crippen molar-refractivity contribution in [3.8, 4) is 0 Å². The number of fused-ring (bicyclic) bond motifs is 1. The minimum atomic E-state index is -0.360. The minimum Gasteiger partial charge on any atom is -0.376 e. The fourth-order valence-corrected chi connectivity index (χ4v) is 2.97. The third kappa shape index (κ3) is 2.19. The van der Waals surface area contributed by atoms with Crippen molar-refractivity contribution in [2.24, 2.45) is 5.92 Å². The van der Waals surface area contributed by atoms with Gasteiger partial charge in [0.25, 0.3) is 0 Å². The maximum Gasteiger partial charge on any atom is 0.311 e. The van der Waals surface area contributed by atoms with E-state index in [0.29, 0.717) is 17.6 Å². The van der Waals surface area contributed by atoms with Crippen LogP contribution in [0.1, 0.15) is 26.2 Å². The molecule has 104 valence electrons. The molecule has 1 aromatic heterocycles. The molecule has 1 heterocycles. The Bertz CT molecular complexity index is 657. The van der Waals surface area contributed by atoms with Crippen molar-refractivity contribution in [3.63, 3.8) is 0 Å². The topological polar surface area (TPSA) is 68.1 Å². The standard InChI is InChI=1S/C15H17N3O2/c1-10-5-4-8-12(10)17-15-11-6-2-3-7-13(11)16-9-14(15)18(19)20/h2-3,6-7,9-10,12H,4-5,8H2,1H3,(H,16,17). The molecule has 2 aromatic rings. The second kappa shape index (κ2) is 5.07. The molecule has 1 N–H and O–H groups in total. The lowest BCUT2D eigenvalue weighted by Crippen LogP contribution is -2.22. The first kappa shape index (κ1) is 12.8. The zero-order chi connectivity index (χ0) is 14.1. The van der Waals surface area contributed by atoms with Gasteiger partial charge in [-0.2, -0.15) is 0 Å². The van der Waals surface area contributed by atoms with Gasteiger partial charge in [-0.3, -0.25) is 10.1 Å². The summed E-state index contributed by atoms with van der Waals surface area (Å²) < 4.78 is 0. The van der Waals surface area contributed by atoms with E-state index in [4.69, 9.17) is 0 Å². The highest BCUT2D eigenvalue weighted by atomic mass is 16.6. The molecule has 0 radical (unpaired) electrons. The average molecular weight is 271 g/mol. The fraction of sp³-hybridized carbons (Fsp3) is 0.400. The smallest absolute Gasteiger partial charge is 0.311 e. The van der Waals surface area contributed by atoms with Gasteiger partial charge in [0, 0.05) is 11.4 Å². The maximum atomic E-state index is 11.2. The number of hydrogen-bond donors (Lipinski definition) is 1. The molecular formula is C15H17N3O2. The molecule has 2 atom stereocenters. The molecule has 1 saturated carbocycles. The Morgan fingerprint density at radius 3 is 2.85 bits per heavy atom. The maximum absolute atomic E-state index is 11.2. The lowest BCUT2D eigenvalue weighted by Gasteiger charge is -2.19. The Hall–Kier alpha value is -2.17. The predicted octanol–water partition coefficient (Wildman–Crippen LogP) is 3.74. The molecule has 1 aliphatic rings. The summed E-state index contributed by atoms with van der Waals surface area (Å²) in [5.74, 6) is 0.543. The Morgan fingerprint density at radius 1 is 1.35 bits per heavy atom. The Morgan fingerprint density at radius 2 is 2.15 bits per heavy atom. The molecule has 1 aliphatic carbocycles. The van der Waals surface area contributed by atoms with E-state index in [9.17, 15) is 10.1 Å². The highest BCUT2D eigenvalue weighted by Crippen LogP contribution is 2.35. The van der Waals surface area contributed by atoms with E-state index in [2.05, 4.69) is 17.2 Å². The van der Waals surface area contributed by atoms with Crippen LogP contribution in [0.15, 0.2) is 30.5 Å². The van der Waals surface area contributed by atoms with Crippen LogP contribution in [-0.2, 0) is 0 Å². The summed E-state index contributed by atoms with van der Waals surface area (Å²) in [4.78, 5) is 15.1.